The van der Waals surface area contributed by atoms with Crippen molar-refractivity contribution in [1.82, 2.24) is 15.0 Å². The number of rotatable bonds is 15. The van der Waals surface area contributed by atoms with Crippen molar-refractivity contribution in [2.75, 3.05) is 29.1 Å². The van der Waals surface area contributed by atoms with E-state index in [-0.39, 0.29) is 131 Å². The minimum absolute atomic E-state index is 0. The van der Waals surface area contributed by atoms with E-state index >= 15 is 0 Å². The number of benzene rings is 2. The molecule has 0 amide bonds. The van der Waals surface area contributed by atoms with Crippen LogP contribution < -0.4 is 111 Å². The third kappa shape index (κ3) is 15.4. The van der Waals surface area contributed by atoms with Gasteiger partial charge in [0.2, 0.25) is 5.95 Å². The van der Waals surface area contributed by atoms with Crippen LogP contribution in [0.1, 0.15) is 7.43 Å². The topological polar surface area (TPSA) is 351 Å². The Morgan fingerprint density at radius 3 is 1.89 bits per heavy atom. The van der Waals surface area contributed by atoms with Crippen LogP contribution in [-0.4, -0.2) is 61.7 Å². The second-order valence-electron chi connectivity index (χ2n) is 9.23. The van der Waals surface area contributed by atoms with Crippen LogP contribution in [0.4, 0.5) is 54.7 Å². The molecule has 31 heteroatoms. The first kappa shape index (κ1) is 53.1. The number of hydrogen-bond donors (Lipinski definition) is 3. The second kappa shape index (κ2) is 22.9. The van der Waals surface area contributed by atoms with Crippen molar-refractivity contribution in [3.63, 3.8) is 0 Å². The van der Waals surface area contributed by atoms with E-state index in [1.165, 1.54) is 0 Å². The predicted octanol–water partition coefficient (Wildman–Crippen LogP) is -6.08. The SMILES string of the molecule is C.Nc1nc(N)c(N=Nc2ccc(S(=O)(=O)CCOSOO[O-])cc2S(=O)(=O)[O-])cc1N=Nc1cc(Nc2cc(F)nc(F)n2)ccc1S(=O)(=O)[O-].[Na+].[Na+].[Na+]. The summed E-state index contributed by atoms with van der Waals surface area (Å²) >= 11 is 0.0389. The maximum Gasteiger partial charge on any atom is 1.00 e. The summed E-state index contributed by atoms with van der Waals surface area (Å²) in [5.41, 5.74) is 9.68. The number of nitrogens with zero attached hydrogens (tertiary/aromatic N) is 7. The minimum atomic E-state index is -5.36. The van der Waals surface area contributed by atoms with Gasteiger partial charge in [-0.15, -0.1) is 24.8 Å². The monoisotopic (exact) mass is 876 g/mol. The first-order valence-electron chi connectivity index (χ1n) is 12.9. The number of nitrogens with two attached hydrogens (primary N) is 2. The van der Waals surface area contributed by atoms with Crippen LogP contribution in [0.3, 0.4) is 0 Å². The average Bonchev–Trinajstić information content (AvgIpc) is 3.02. The van der Waals surface area contributed by atoms with Gasteiger partial charge in [-0.1, -0.05) is 7.43 Å². The fourth-order valence-electron chi connectivity index (χ4n) is 3.68. The molecule has 4 rings (SSSR count). The first-order valence-corrected chi connectivity index (χ1v) is 18.0. The van der Waals surface area contributed by atoms with Gasteiger partial charge in [0, 0.05) is 17.8 Å². The molecule has 2 heterocycles. The van der Waals surface area contributed by atoms with Crippen LogP contribution in [0.2, 0.25) is 0 Å². The van der Waals surface area contributed by atoms with Gasteiger partial charge in [0.1, 0.15) is 48.8 Å². The zero-order valence-electron chi connectivity index (χ0n) is 27.6. The largest absolute Gasteiger partial charge is 1.00 e. The number of sulfone groups is 1. The Kier molecular flexibility index (Phi) is 22.1. The molecular formula is C24H21F2N10Na3O12S4. The molecule has 0 saturated heterocycles. The maximum atomic E-state index is 13.5. The van der Waals surface area contributed by atoms with Crippen LogP contribution >= 0.6 is 12.3 Å². The zero-order chi connectivity index (χ0) is 37.6. The molecule has 0 aliphatic carbocycles. The van der Waals surface area contributed by atoms with E-state index in [9.17, 15) is 48.4 Å². The van der Waals surface area contributed by atoms with Crippen molar-refractivity contribution < 1.29 is 151 Å². The van der Waals surface area contributed by atoms with Gasteiger partial charge in [-0.05, 0) is 36.4 Å². The Balaban J connectivity index is 0.00000729. The normalized spacial score (nSPS) is 11.7. The van der Waals surface area contributed by atoms with Gasteiger partial charge < -0.3 is 31.1 Å². The van der Waals surface area contributed by atoms with Gasteiger partial charge in [0.05, 0.1) is 27.0 Å². The number of hydrogen-bond acceptors (Lipinski definition) is 23. The van der Waals surface area contributed by atoms with Gasteiger partial charge in [-0.25, -0.2) is 30.2 Å². The number of halogens is 2. The van der Waals surface area contributed by atoms with Crippen molar-refractivity contribution in [1.29, 1.82) is 0 Å². The molecule has 2 aromatic carbocycles. The van der Waals surface area contributed by atoms with E-state index < -0.39 is 92.2 Å². The summed E-state index contributed by atoms with van der Waals surface area (Å²) in [4.78, 5) is 7.37. The zero-order valence-corrected chi connectivity index (χ0v) is 36.9. The Labute approximate surface area is 381 Å². The molecule has 0 aliphatic rings. The smallest absolute Gasteiger partial charge is 0.744 e. The van der Waals surface area contributed by atoms with E-state index in [4.69, 9.17) is 11.5 Å². The molecule has 0 saturated carbocycles. The number of pyridine rings is 1. The number of aromatic nitrogens is 3. The summed E-state index contributed by atoms with van der Waals surface area (Å²) in [6.07, 6.45) is -1.41. The Hall–Kier alpha value is -1.91. The fourth-order valence-corrected chi connectivity index (χ4v) is 6.41. The van der Waals surface area contributed by atoms with Crippen LogP contribution in [0, 0.1) is 12.0 Å². The molecule has 0 radical (unpaired) electrons. The van der Waals surface area contributed by atoms with Gasteiger partial charge in [-0.3, -0.25) is 9.22 Å². The molecule has 2 aromatic heterocycles. The van der Waals surface area contributed by atoms with E-state index in [0.29, 0.717) is 6.07 Å². The Bertz CT molecular complexity index is 2350. The predicted molar refractivity (Wildman–Crippen MR) is 170 cm³/mol. The third-order valence-corrected chi connectivity index (χ3v) is 9.64. The maximum absolute atomic E-state index is 13.5. The molecule has 0 unspecified atom stereocenters. The minimum Gasteiger partial charge on any atom is -0.744 e. The number of anilines is 4. The molecule has 55 heavy (non-hydrogen) atoms. The quantitative estimate of drug-likeness (QED) is 0.0115. The number of nitrogen functional groups attached to an aromatic ring is 2. The van der Waals surface area contributed by atoms with Crippen molar-refractivity contribution in [3.8, 4) is 0 Å². The van der Waals surface area contributed by atoms with Crippen LogP contribution in [0.5, 0.6) is 0 Å². The molecule has 0 spiro atoms. The number of nitrogens with one attached hydrogen (secondary N) is 1. The molecule has 0 bridgehead atoms. The third-order valence-electron chi connectivity index (χ3n) is 5.84. The molecular weight excluding hydrogens is 856 g/mol. The van der Waals surface area contributed by atoms with E-state index in [1.54, 1.807) is 0 Å². The standard InChI is InChI=1S/C23H20F2N10O12S4.CH4.3Na/c24-19-10-20(30-23(25)29-19)28-11-1-4-17(50(39,40)41)14(7-11)33-35-16-9-15(21(26)31-22(16)27)34-32-13-3-2-12(8-18(13)51(42,43)44)49(37,38)6-5-45-48-47-46-36;;;;/h1-4,7-10,36H,5-6H2,(H4,26,27,31)(H,28,29,30)(H,39,40,41)(H,42,43,44);1H4;;;/q;;3*+1/p-3. The summed E-state index contributed by atoms with van der Waals surface area (Å²) in [5, 5.41) is 30.1. The molecule has 4 aromatic rings. The van der Waals surface area contributed by atoms with E-state index in [0.717, 1.165) is 42.5 Å². The first-order chi connectivity index (χ1) is 23.9. The average molecular weight is 877 g/mol. The van der Waals surface area contributed by atoms with Crippen molar-refractivity contribution in [2.24, 2.45) is 20.5 Å². The van der Waals surface area contributed by atoms with E-state index in [2.05, 4.69) is 54.3 Å². The van der Waals surface area contributed by atoms with Crippen LogP contribution in [0.15, 0.2) is 83.7 Å². The summed E-state index contributed by atoms with van der Waals surface area (Å²) in [5.74, 6) is -3.16. The molecule has 0 aliphatic heterocycles. The van der Waals surface area contributed by atoms with E-state index in [1.807, 2.05) is 0 Å². The van der Waals surface area contributed by atoms with Gasteiger partial charge in [-0.2, -0.15) is 18.7 Å². The Morgan fingerprint density at radius 2 is 1.33 bits per heavy atom. The van der Waals surface area contributed by atoms with Crippen LogP contribution in [0.25, 0.3) is 0 Å². The molecule has 22 nitrogen and oxygen atoms in total. The summed E-state index contributed by atoms with van der Waals surface area (Å²) < 4.78 is 132. The van der Waals surface area contributed by atoms with Crippen LogP contribution in [-0.2, 0) is 43.6 Å². The van der Waals surface area contributed by atoms with Gasteiger partial charge in [0.25, 0.3) is 0 Å². The molecule has 5 N–H and O–H groups in total. The van der Waals surface area contributed by atoms with Crippen molar-refractivity contribution >= 4 is 88.3 Å². The molecule has 0 fully saturated rings. The molecule has 280 valence electrons. The van der Waals surface area contributed by atoms with Gasteiger partial charge >= 0.3 is 94.8 Å². The van der Waals surface area contributed by atoms with Gasteiger partial charge in [0.15, 0.2) is 33.8 Å². The summed E-state index contributed by atoms with van der Waals surface area (Å²) in [6.45, 7) is -0.539. The van der Waals surface area contributed by atoms with Crippen molar-refractivity contribution in [2.45, 2.75) is 22.1 Å². The Morgan fingerprint density at radius 1 is 0.745 bits per heavy atom. The summed E-state index contributed by atoms with van der Waals surface area (Å²) in [6, 6.07) is 6.86. The summed E-state index contributed by atoms with van der Waals surface area (Å²) in [7, 11) is -14.8. The molecule has 0 atom stereocenters. The number of azo groups is 2. The second-order valence-corrected chi connectivity index (χ2v) is 14.5. The fraction of sp³-hybridized carbons (Fsp3) is 0.125. The van der Waals surface area contributed by atoms with Crippen molar-refractivity contribution in [3.05, 3.63) is 60.6 Å².